The van der Waals surface area contributed by atoms with Crippen LogP contribution in [0.25, 0.3) is 0 Å². The number of hydrogen-bond donors (Lipinski definition) is 1. The molecule has 2 atom stereocenters. The average molecular weight is 224 g/mol. The van der Waals surface area contributed by atoms with E-state index in [4.69, 9.17) is 19.3 Å². The van der Waals surface area contributed by atoms with Gasteiger partial charge in [0.15, 0.2) is 0 Å². The van der Waals surface area contributed by atoms with Crippen molar-refractivity contribution in [2.45, 2.75) is 25.2 Å². The number of benzene rings is 1. The van der Waals surface area contributed by atoms with Gasteiger partial charge in [0.25, 0.3) is 0 Å². The zero-order valence-corrected chi connectivity index (χ0v) is 9.26. The number of aromatic hydroxyl groups is 1. The molecule has 0 aliphatic carbocycles. The Kier molecular flexibility index (Phi) is 3.64. The normalized spacial score (nSPS) is 25.3. The first-order chi connectivity index (χ1) is 7.79. The largest absolute Gasteiger partial charge is 0.508 e. The maximum absolute atomic E-state index is 9.15. The lowest BCUT2D eigenvalue weighted by Crippen LogP contribution is -2.39. The van der Waals surface area contributed by atoms with Gasteiger partial charge in [0, 0.05) is 7.11 Å². The van der Waals surface area contributed by atoms with Gasteiger partial charge in [-0.25, -0.2) is 0 Å². The SMILES string of the molecule is COC1CCCOC1Oc1ccc(O)cc1. The van der Waals surface area contributed by atoms with Crippen molar-refractivity contribution in [3.8, 4) is 11.5 Å². The van der Waals surface area contributed by atoms with E-state index in [0.717, 1.165) is 12.8 Å². The van der Waals surface area contributed by atoms with Gasteiger partial charge in [-0.1, -0.05) is 0 Å². The van der Waals surface area contributed by atoms with Crippen LogP contribution in [0.2, 0.25) is 0 Å². The highest BCUT2D eigenvalue weighted by atomic mass is 16.7. The van der Waals surface area contributed by atoms with Crippen LogP contribution in [-0.4, -0.2) is 31.2 Å². The first kappa shape index (κ1) is 11.2. The second-order valence-electron chi connectivity index (χ2n) is 3.77. The number of methoxy groups -OCH3 is 1. The van der Waals surface area contributed by atoms with Gasteiger partial charge in [-0.05, 0) is 37.1 Å². The monoisotopic (exact) mass is 224 g/mol. The molecule has 0 bridgehead atoms. The van der Waals surface area contributed by atoms with Gasteiger partial charge in [0.05, 0.1) is 6.61 Å². The lowest BCUT2D eigenvalue weighted by molar-refractivity contribution is -0.179. The van der Waals surface area contributed by atoms with Crippen molar-refractivity contribution in [1.29, 1.82) is 0 Å². The first-order valence-corrected chi connectivity index (χ1v) is 5.39. The predicted molar refractivity (Wildman–Crippen MR) is 58.5 cm³/mol. The van der Waals surface area contributed by atoms with Crippen LogP contribution in [0, 0.1) is 0 Å². The van der Waals surface area contributed by atoms with Gasteiger partial charge >= 0.3 is 0 Å². The fourth-order valence-corrected chi connectivity index (χ4v) is 1.73. The summed E-state index contributed by atoms with van der Waals surface area (Å²) < 4.78 is 16.5. The Morgan fingerprint density at radius 3 is 2.75 bits per heavy atom. The molecule has 1 aromatic carbocycles. The third-order valence-corrected chi connectivity index (χ3v) is 2.61. The molecule has 1 aliphatic rings. The second-order valence-corrected chi connectivity index (χ2v) is 3.77. The van der Waals surface area contributed by atoms with E-state index >= 15 is 0 Å². The Labute approximate surface area is 94.8 Å². The van der Waals surface area contributed by atoms with Crippen molar-refractivity contribution >= 4 is 0 Å². The number of phenols is 1. The highest BCUT2D eigenvalue weighted by Crippen LogP contribution is 2.22. The van der Waals surface area contributed by atoms with Crippen LogP contribution in [0.1, 0.15) is 12.8 Å². The summed E-state index contributed by atoms with van der Waals surface area (Å²) in [4.78, 5) is 0. The summed E-state index contributed by atoms with van der Waals surface area (Å²) in [6, 6.07) is 6.58. The molecule has 1 saturated heterocycles. The molecule has 4 heteroatoms. The van der Waals surface area contributed by atoms with E-state index in [0.29, 0.717) is 12.4 Å². The quantitative estimate of drug-likeness (QED) is 0.852. The molecule has 0 radical (unpaired) electrons. The van der Waals surface area contributed by atoms with Crippen molar-refractivity contribution in [1.82, 2.24) is 0 Å². The summed E-state index contributed by atoms with van der Waals surface area (Å²) in [5.41, 5.74) is 0. The maximum atomic E-state index is 9.15. The molecule has 1 fully saturated rings. The van der Waals surface area contributed by atoms with Crippen LogP contribution in [0.15, 0.2) is 24.3 Å². The lowest BCUT2D eigenvalue weighted by Gasteiger charge is -2.30. The molecule has 1 aromatic rings. The van der Waals surface area contributed by atoms with Crippen molar-refractivity contribution in [2.75, 3.05) is 13.7 Å². The van der Waals surface area contributed by atoms with Crippen LogP contribution in [0.4, 0.5) is 0 Å². The maximum Gasteiger partial charge on any atom is 0.226 e. The molecule has 16 heavy (non-hydrogen) atoms. The summed E-state index contributed by atoms with van der Waals surface area (Å²) >= 11 is 0. The molecule has 4 nitrogen and oxygen atoms in total. The Morgan fingerprint density at radius 2 is 2.06 bits per heavy atom. The topological polar surface area (TPSA) is 47.9 Å². The van der Waals surface area contributed by atoms with Gasteiger partial charge in [-0.2, -0.15) is 0 Å². The summed E-state index contributed by atoms with van der Waals surface area (Å²) in [6.45, 7) is 0.697. The molecular formula is C12H16O4. The first-order valence-electron chi connectivity index (χ1n) is 5.39. The van der Waals surface area contributed by atoms with Gasteiger partial charge in [0.1, 0.15) is 17.6 Å². The van der Waals surface area contributed by atoms with Gasteiger partial charge in [-0.3, -0.25) is 0 Å². The van der Waals surface area contributed by atoms with Crippen LogP contribution < -0.4 is 4.74 Å². The number of rotatable bonds is 3. The van der Waals surface area contributed by atoms with E-state index in [1.165, 1.54) is 0 Å². The molecule has 0 aromatic heterocycles. The van der Waals surface area contributed by atoms with E-state index in [1.807, 2.05) is 0 Å². The Morgan fingerprint density at radius 1 is 1.31 bits per heavy atom. The Balaban J connectivity index is 1.99. The summed E-state index contributed by atoms with van der Waals surface area (Å²) in [5.74, 6) is 0.895. The average Bonchev–Trinajstić information content (AvgIpc) is 2.33. The lowest BCUT2D eigenvalue weighted by atomic mass is 10.1. The summed E-state index contributed by atoms with van der Waals surface area (Å²) in [7, 11) is 1.66. The fraction of sp³-hybridized carbons (Fsp3) is 0.500. The second kappa shape index (κ2) is 5.18. The molecular weight excluding hydrogens is 208 g/mol. The van der Waals surface area contributed by atoms with Crippen molar-refractivity contribution in [2.24, 2.45) is 0 Å². The standard InChI is InChI=1S/C12H16O4/c1-14-11-3-2-8-15-12(11)16-10-6-4-9(13)5-7-10/h4-7,11-13H,2-3,8H2,1H3. The molecule has 88 valence electrons. The van der Waals surface area contributed by atoms with Crippen LogP contribution in [0.3, 0.4) is 0 Å². The Bertz CT molecular complexity index is 322. The molecule has 0 amide bonds. The van der Waals surface area contributed by atoms with E-state index in [2.05, 4.69) is 0 Å². The number of phenolic OH excluding ortho intramolecular Hbond substituents is 1. The van der Waals surface area contributed by atoms with E-state index in [-0.39, 0.29) is 18.1 Å². The summed E-state index contributed by atoms with van der Waals surface area (Å²) in [5, 5.41) is 9.15. The molecule has 1 aliphatic heterocycles. The molecule has 0 spiro atoms. The summed E-state index contributed by atoms with van der Waals surface area (Å²) in [6.07, 6.45) is 1.55. The molecule has 2 rings (SSSR count). The number of ether oxygens (including phenoxy) is 3. The Hall–Kier alpha value is -1.26. The van der Waals surface area contributed by atoms with Gasteiger partial charge in [0.2, 0.25) is 6.29 Å². The minimum absolute atomic E-state index is 0.0254. The van der Waals surface area contributed by atoms with Crippen molar-refractivity contribution < 1.29 is 19.3 Å². The van der Waals surface area contributed by atoms with Gasteiger partial charge in [-0.15, -0.1) is 0 Å². The molecule has 2 unspecified atom stereocenters. The third-order valence-electron chi connectivity index (χ3n) is 2.61. The van der Waals surface area contributed by atoms with Gasteiger partial charge < -0.3 is 19.3 Å². The minimum atomic E-state index is -0.358. The van der Waals surface area contributed by atoms with E-state index in [1.54, 1.807) is 31.4 Å². The van der Waals surface area contributed by atoms with Crippen LogP contribution in [0.5, 0.6) is 11.5 Å². The highest BCUT2D eigenvalue weighted by Gasteiger charge is 2.27. The fourth-order valence-electron chi connectivity index (χ4n) is 1.73. The number of hydrogen-bond acceptors (Lipinski definition) is 4. The van der Waals surface area contributed by atoms with E-state index < -0.39 is 0 Å². The van der Waals surface area contributed by atoms with E-state index in [9.17, 15) is 0 Å². The molecule has 1 N–H and O–H groups in total. The smallest absolute Gasteiger partial charge is 0.226 e. The molecule has 0 saturated carbocycles. The zero-order valence-electron chi connectivity index (χ0n) is 9.26. The highest BCUT2D eigenvalue weighted by molar-refractivity contribution is 5.30. The third kappa shape index (κ3) is 2.65. The minimum Gasteiger partial charge on any atom is -0.508 e. The predicted octanol–water partition coefficient (Wildman–Crippen LogP) is 1.92. The molecule has 1 heterocycles. The van der Waals surface area contributed by atoms with Crippen molar-refractivity contribution in [3.05, 3.63) is 24.3 Å². The van der Waals surface area contributed by atoms with Crippen LogP contribution >= 0.6 is 0 Å². The van der Waals surface area contributed by atoms with Crippen molar-refractivity contribution in [3.63, 3.8) is 0 Å². The van der Waals surface area contributed by atoms with Crippen LogP contribution in [-0.2, 0) is 9.47 Å². The zero-order chi connectivity index (χ0) is 11.4.